The first-order valence-electron chi connectivity index (χ1n) is 9.39. The van der Waals surface area contributed by atoms with Crippen molar-refractivity contribution < 1.29 is 9.47 Å². The zero-order valence-electron chi connectivity index (χ0n) is 16.1. The minimum absolute atomic E-state index is 0.672. The summed E-state index contributed by atoms with van der Waals surface area (Å²) in [6, 6.07) is 0. The molecule has 0 saturated heterocycles. The molecule has 2 N–H and O–H groups in total. The molecule has 0 saturated carbocycles. The van der Waals surface area contributed by atoms with E-state index < -0.39 is 0 Å². The van der Waals surface area contributed by atoms with E-state index in [1.54, 1.807) is 0 Å². The molecule has 134 valence electrons. The van der Waals surface area contributed by atoms with Crippen LogP contribution >= 0.6 is 0 Å². The van der Waals surface area contributed by atoms with E-state index in [0.29, 0.717) is 13.2 Å². The van der Waals surface area contributed by atoms with Crippen molar-refractivity contribution in [3.8, 4) is 23.1 Å². The van der Waals surface area contributed by atoms with Crippen molar-refractivity contribution in [2.45, 2.75) is 67.2 Å². The minimum Gasteiger partial charge on any atom is -0.479 e. The standard InChI is InChI=1S/C20H32N2O2/c1-7-13-15(9-3)19(23-11-5)21-17(13)18-14(8-2)16(10-4)20(22-18)24-12-6/h21-22H,7-12H2,1-6H3. The van der Waals surface area contributed by atoms with Crippen molar-refractivity contribution in [2.24, 2.45) is 0 Å². The Morgan fingerprint density at radius 1 is 0.542 bits per heavy atom. The van der Waals surface area contributed by atoms with Crippen molar-refractivity contribution in [2.75, 3.05) is 13.2 Å². The number of hydrogen-bond donors (Lipinski definition) is 2. The third-order valence-electron chi connectivity index (χ3n) is 4.60. The van der Waals surface area contributed by atoms with E-state index in [0.717, 1.165) is 48.8 Å². The van der Waals surface area contributed by atoms with Crippen LogP contribution in [-0.2, 0) is 25.7 Å². The van der Waals surface area contributed by atoms with Crippen molar-refractivity contribution in [3.63, 3.8) is 0 Å². The zero-order valence-corrected chi connectivity index (χ0v) is 16.1. The van der Waals surface area contributed by atoms with Crippen molar-refractivity contribution in [1.29, 1.82) is 0 Å². The number of H-pyrrole nitrogens is 2. The number of aromatic nitrogens is 2. The fourth-order valence-corrected chi connectivity index (χ4v) is 3.59. The lowest BCUT2D eigenvalue weighted by Crippen LogP contribution is -1.95. The van der Waals surface area contributed by atoms with E-state index in [1.807, 2.05) is 13.8 Å². The molecule has 2 aromatic rings. The number of rotatable bonds is 9. The summed E-state index contributed by atoms with van der Waals surface area (Å²) in [5, 5.41) is 0. The Labute approximate surface area is 146 Å². The Morgan fingerprint density at radius 3 is 1.12 bits per heavy atom. The van der Waals surface area contributed by atoms with Gasteiger partial charge in [0.15, 0.2) is 11.8 Å². The molecule has 2 aromatic heterocycles. The molecule has 0 bridgehead atoms. The Kier molecular flexibility index (Phi) is 6.41. The molecule has 0 amide bonds. The second-order valence-corrected chi connectivity index (χ2v) is 5.85. The number of aromatic amines is 2. The van der Waals surface area contributed by atoms with Gasteiger partial charge in [0, 0.05) is 11.1 Å². The predicted octanol–water partition coefficient (Wildman–Crippen LogP) is 5.06. The van der Waals surface area contributed by atoms with E-state index in [1.165, 1.54) is 22.3 Å². The number of nitrogens with one attached hydrogen (secondary N) is 2. The van der Waals surface area contributed by atoms with E-state index >= 15 is 0 Å². The maximum Gasteiger partial charge on any atom is 0.194 e. The molecule has 0 atom stereocenters. The molecule has 0 aliphatic rings. The molecule has 4 nitrogen and oxygen atoms in total. The highest BCUT2D eigenvalue weighted by Gasteiger charge is 2.23. The van der Waals surface area contributed by atoms with Gasteiger partial charge in [0.1, 0.15) is 0 Å². The first-order chi connectivity index (χ1) is 11.7. The van der Waals surface area contributed by atoms with Crippen LogP contribution < -0.4 is 9.47 Å². The quantitative estimate of drug-likeness (QED) is 0.674. The molecule has 0 radical (unpaired) electrons. The summed E-state index contributed by atoms with van der Waals surface area (Å²) in [4.78, 5) is 7.08. The maximum atomic E-state index is 5.86. The smallest absolute Gasteiger partial charge is 0.194 e. The highest BCUT2D eigenvalue weighted by atomic mass is 16.5. The Morgan fingerprint density at radius 2 is 0.875 bits per heavy atom. The van der Waals surface area contributed by atoms with Crippen LogP contribution in [0.25, 0.3) is 11.4 Å². The van der Waals surface area contributed by atoms with E-state index in [2.05, 4.69) is 37.7 Å². The zero-order chi connectivity index (χ0) is 17.7. The molecular formula is C20H32N2O2. The molecule has 2 heterocycles. The molecule has 0 aliphatic carbocycles. The van der Waals surface area contributed by atoms with Crippen LogP contribution in [0.4, 0.5) is 0 Å². The third kappa shape index (κ3) is 3.19. The van der Waals surface area contributed by atoms with Crippen molar-refractivity contribution in [3.05, 3.63) is 22.3 Å². The summed E-state index contributed by atoms with van der Waals surface area (Å²) in [5.41, 5.74) is 7.61. The summed E-state index contributed by atoms with van der Waals surface area (Å²) in [6.07, 6.45) is 3.90. The lowest BCUT2D eigenvalue weighted by atomic mass is 9.99. The number of hydrogen-bond acceptors (Lipinski definition) is 2. The van der Waals surface area contributed by atoms with Crippen LogP contribution in [0.15, 0.2) is 0 Å². The van der Waals surface area contributed by atoms with Crippen LogP contribution in [-0.4, -0.2) is 23.2 Å². The van der Waals surface area contributed by atoms with Crippen LogP contribution in [0.2, 0.25) is 0 Å². The van der Waals surface area contributed by atoms with E-state index in [4.69, 9.17) is 9.47 Å². The van der Waals surface area contributed by atoms with Gasteiger partial charge in [-0.2, -0.15) is 0 Å². The monoisotopic (exact) mass is 332 g/mol. The van der Waals surface area contributed by atoms with E-state index in [9.17, 15) is 0 Å². The minimum atomic E-state index is 0.672. The van der Waals surface area contributed by atoms with Gasteiger partial charge in [-0.25, -0.2) is 0 Å². The molecular weight excluding hydrogens is 300 g/mol. The largest absolute Gasteiger partial charge is 0.479 e. The van der Waals surface area contributed by atoms with Gasteiger partial charge < -0.3 is 19.4 Å². The van der Waals surface area contributed by atoms with Crippen molar-refractivity contribution in [1.82, 2.24) is 9.97 Å². The molecule has 0 spiro atoms. The highest BCUT2D eigenvalue weighted by molar-refractivity contribution is 5.71. The SMILES string of the molecule is CCOc1[nH]c(-c2[nH]c(OCC)c(CC)c2CC)c(CC)c1CC. The van der Waals surface area contributed by atoms with Crippen LogP contribution in [0.3, 0.4) is 0 Å². The number of ether oxygens (including phenoxy) is 2. The summed E-state index contributed by atoms with van der Waals surface area (Å²) in [6.45, 7) is 14.2. The highest BCUT2D eigenvalue weighted by Crippen LogP contribution is 2.38. The van der Waals surface area contributed by atoms with Gasteiger partial charge in [-0.15, -0.1) is 0 Å². The maximum absolute atomic E-state index is 5.86. The average molecular weight is 332 g/mol. The third-order valence-corrected chi connectivity index (χ3v) is 4.60. The first-order valence-corrected chi connectivity index (χ1v) is 9.39. The Bertz CT molecular complexity index is 609. The van der Waals surface area contributed by atoms with Gasteiger partial charge in [0.05, 0.1) is 24.6 Å². The molecule has 0 unspecified atom stereocenters. The Hall–Kier alpha value is -1.84. The topological polar surface area (TPSA) is 50.0 Å². The second-order valence-electron chi connectivity index (χ2n) is 5.85. The van der Waals surface area contributed by atoms with Gasteiger partial charge in [-0.05, 0) is 50.7 Å². The van der Waals surface area contributed by atoms with Gasteiger partial charge in [0.25, 0.3) is 0 Å². The van der Waals surface area contributed by atoms with Gasteiger partial charge in [-0.1, -0.05) is 27.7 Å². The fourth-order valence-electron chi connectivity index (χ4n) is 3.59. The van der Waals surface area contributed by atoms with Crippen LogP contribution in [0.1, 0.15) is 63.8 Å². The summed E-state index contributed by atoms with van der Waals surface area (Å²) in [7, 11) is 0. The molecule has 0 aromatic carbocycles. The van der Waals surface area contributed by atoms with Gasteiger partial charge in [0.2, 0.25) is 0 Å². The molecule has 0 fully saturated rings. The summed E-state index contributed by atoms with van der Waals surface area (Å²) >= 11 is 0. The predicted molar refractivity (Wildman–Crippen MR) is 100 cm³/mol. The molecule has 2 rings (SSSR count). The molecule has 0 aliphatic heterocycles. The lowest BCUT2D eigenvalue weighted by molar-refractivity contribution is 0.324. The van der Waals surface area contributed by atoms with Gasteiger partial charge in [-0.3, -0.25) is 0 Å². The lowest BCUT2D eigenvalue weighted by Gasteiger charge is -2.05. The second kappa shape index (κ2) is 8.32. The van der Waals surface area contributed by atoms with Gasteiger partial charge >= 0.3 is 0 Å². The van der Waals surface area contributed by atoms with Crippen LogP contribution in [0, 0.1) is 0 Å². The summed E-state index contributed by atoms with van der Waals surface area (Å²) in [5.74, 6) is 1.83. The van der Waals surface area contributed by atoms with E-state index in [-0.39, 0.29) is 0 Å². The molecule has 24 heavy (non-hydrogen) atoms. The first kappa shape index (κ1) is 18.5. The Balaban J connectivity index is 2.66. The molecule has 4 heteroatoms. The normalized spacial score (nSPS) is 11.1. The summed E-state index contributed by atoms with van der Waals surface area (Å²) < 4.78 is 11.7. The fraction of sp³-hybridized carbons (Fsp3) is 0.600. The van der Waals surface area contributed by atoms with Crippen LogP contribution in [0.5, 0.6) is 11.8 Å². The average Bonchev–Trinajstić information content (AvgIpc) is 3.12. The van der Waals surface area contributed by atoms with Crippen molar-refractivity contribution >= 4 is 0 Å².